The predicted octanol–water partition coefficient (Wildman–Crippen LogP) is 1.09. The minimum atomic E-state index is -0.355. The Kier molecular flexibility index (Phi) is 4.74. The summed E-state index contributed by atoms with van der Waals surface area (Å²) in [5, 5.41) is 6.20. The van der Waals surface area contributed by atoms with Gasteiger partial charge in [-0.2, -0.15) is 0 Å². The van der Waals surface area contributed by atoms with Crippen molar-refractivity contribution in [2.24, 2.45) is 5.92 Å². The summed E-state index contributed by atoms with van der Waals surface area (Å²) in [5.74, 6) is -0.227. The maximum atomic E-state index is 12.0. The lowest BCUT2D eigenvalue weighted by Crippen LogP contribution is -2.36. The highest BCUT2D eigenvalue weighted by Gasteiger charge is 2.28. The van der Waals surface area contributed by atoms with Crippen molar-refractivity contribution in [2.75, 3.05) is 13.7 Å². The molecule has 0 saturated carbocycles. The number of hydrogen-bond acceptors (Lipinski definition) is 4. The van der Waals surface area contributed by atoms with Gasteiger partial charge in [0.2, 0.25) is 5.91 Å². The molecule has 2 unspecified atom stereocenters. The molecule has 0 aliphatic carbocycles. The van der Waals surface area contributed by atoms with E-state index < -0.39 is 0 Å². The van der Waals surface area contributed by atoms with E-state index in [2.05, 4.69) is 15.4 Å². The van der Waals surface area contributed by atoms with Crippen LogP contribution in [-0.2, 0) is 16.1 Å². The van der Waals surface area contributed by atoms with Crippen LogP contribution in [0.1, 0.15) is 29.3 Å². The Morgan fingerprint density at radius 1 is 1.35 bits per heavy atom. The fourth-order valence-electron chi connectivity index (χ4n) is 2.41. The number of ether oxygens (including phenoxy) is 1. The standard InChI is InChI=1S/C15H20N2O3/c1-10-13(7-8-16-10)14(18)17-9-11-3-5-12(6-4-11)15(19)20-2/h3-6,10,13,16H,7-9H2,1-2H3,(H,17,18). The minimum Gasteiger partial charge on any atom is -0.465 e. The van der Waals surface area contributed by atoms with E-state index in [9.17, 15) is 9.59 Å². The fourth-order valence-corrected chi connectivity index (χ4v) is 2.41. The van der Waals surface area contributed by atoms with E-state index in [0.29, 0.717) is 12.1 Å². The first-order chi connectivity index (χ1) is 9.61. The first kappa shape index (κ1) is 14.5. The molecule has 0 radical (unpaired) electrons. The largest absolute Gasteiger partial charge is 0.465 e. The normalized spacial score (nSPS) is 21.5. The summed E-state index contributed by atoms with van der Waals surface area (Å²) in [5.41, 5.74) is 1.47. The molecule has 2 rings (SSSR count). The van der Waals surface area contributed by atoms with E-state index in [0.717, 1.165) is 18.5 Å². The lowest BCUT2D eigenvalue weighted by atomic mass is 10.0. The molecule has 5 nitrogen and oxygen atoms in total. The smallest absolute Gasteiger partial charge is 0.337 e. The third-order valence-electron chi connectivity index (χ3n) is 3.70. The van der Waals surface area contributed by atoms with Crippen LogP contribution in [0.2, 0.25) is 0 Å². The first-order valence-electron chi connectivity index (χ1n) is 6.80. The molecule has 20 heavy (non-hydrogen) atoms. The van der Waals surface area contributed by atoms with Crippen LogP contribution in [0.4, 0.5) is 0 Å². The molecule has 1 fully saturated rings. The zero-order valence-electron chi connectivity index (χ0n) is 11.8. The fraction of sp³-hybridized carbons (Fsp3) is 0.467. The van der Waals surface area contributed by atoms with Gasteiger partial charge in [-0.1, -0.05) is 12.1 Å². The Morgan fingerprint density at radius 2 is 2.05 bits per heavy atom. The van der Waals surface area contributed by atoms with Crippen LogP contribution in [-0.4, -0.2) is 31.6 Å². The molecule has 0 bridgehead atoms. The monoisotopic (exact) mass is 276 g/mol. The summed E-state index contributed by atoms with van der Waals surface area (Å²) in [6.07, 6.45) is 0.883. The second-order valence-electron chi connectivity index (χ2n) is 5.04. The maximum Gasteiger partial charge on any atom is 0.337 e. The van der Waals surface area contributed by atoms with Crippen molar-refractivity contribution < 1.29 is 14.3 Å². The number of methoxy groups -OCH3 is 1. The number of benzene rings is 1. The minimum absolute atomic E-state index is 0.0457. The summed E-state index contributed by atoms with van der Waals surface area (Å²) < 4.78 is 4.64. The molecule has 1 amide bonds. The van der Waals surface area contributed by atoms with Gasteiger partial charge in [-0.25, -0.2) is 4.79 Å². The zero-order chi connectivity index (χ0) is 14.5. The summed E-state index contributed by atoms with van der Waals surface area (Å²) in [6.45, 7) is 3.40. The number of amides is 1. The van der Waals surface area contributed by atoms with Gasteiger partial charge in [0.15, 0.2) is 0 Å². The topological polar surface area (TPSA) is 67.4 Å². The van der Waals surface area contributed by atoms with E-state index in [1.54, 1.807) is 12.1 Å². The molecule has 2 N–H and O–H groups in total. The van der Waals surface area contributed by atoms with Crippen molar-refractivity contribution in [3.8, 4) is 0 Å². The highest BCUT2D eigenvalue weighted by atomic mass is 16.5. The molecule has 1 aromatic carbocycles. The third-order valence-corrected chi connectivity index (χ3v) is 3.70. The van der Waals surface area contributed by atoms with Crippen LogP contribution in [0.15, 0.2) is 24.3 Å². The molecule has 1 aliphatic heterocycles. The number of rotatable bonds is 4. The van der Waals surface area contributed by atoms with Gasteiger partial charge in [-0.05, 0) is 37.6 Å². The molecule has 1 saturated heterocycles. The Bertz CT molecular complexity index is 484. The highest BCUT2D eigenvalue weighted by molar-refractivity contribution is 5.89. The lowest BCUT2D eigenvalue weighted by molar-refractivity contribution is -0.125. The Morgan fingerprint density at radius 3 is 2.60 bits per heavy atom. The van der Waals surface area contributed by atoms with Gasteiger partial charge >= 0.3 is 5.97 Å². The van der Waals surface area contributed by atoms with Gasteiger partial charge in [-0.15, -0.1) is 0 Å². The average Bonchev–Trinajstić information content (AvgIpc) is 2.90. The van der Waals surface area contributed by atoms with Crippen LogP contribution in [0.3, 0.4) is 0 Å². The molecule has 108 valence electrons. The van der Waals surface area contributed by atoms with Crippen LogP contribution in [0, 0.1) is 5.92 Å². The van der Waals surface area contributed by atoms with Crippen LogP contribution in [0.25, 0.3) is 0 Å². The molecule has 0 spiro atoms. The number of carbonyl (C=O) groups is 2. The summed E-state index contributed by atoms with van der Waals surface area (Å²) in [4.78, 5) is 23.3. The van der Waals surface area contributed by atoms with Crippen molar-refractivity contribution in [3.05, 3.63) is 35.4 Å². The molecule has 1 heterocycles. The highest BCUT2D eigenvalue weighted by Crippen LogP contribution is 2.15. The average molecular weight is 276 g/mol. The van der Waals surface area contributed by atoms with Gasteiger partial charge in [0.25, 0.3) is 0 Å². The van der Waals surface area contributed by atoms with E-state index in [1.807, 2.05) is 19.1 Å². The second-order valence-corrected chi connectivity index (χ2v) is 5.04. The molecular formula is C15H20N2O3. The maximum absolute atomic E-state index is 12.0. The van der Waals surface area contributed by atoms with Crippen molar-refractivity contribution in [1.29, 1.82) is 0 Å². The van der Waals surface area contributed by atoms with E-state index in [1.165, 1.54) is 7.11 Å². The van der Waals surface area contributed by atoms with E-state index >= 15 is 0 Å². The number of carbonyl (C=O) groups excluding carboxylic acids is 2. The molecular weight excluding hydrogens is 256 g/mol. The van der Waals surface area contributed by atoms with Crippen molar-refractivity contribution in [2.45, 2.75) is 25.9 Å². The zero-order valence-corrected chi connectivity index (χ0v) is 11.8. The molecule has 0 aromatic heterocycles. The molecule has 5 heteroatoms. The Labute approximate surface area is 118 Å². The SMILES string of the molecule is COC(=O)c1ccc(CNC(=O)C2CCNC2C)cc1. The van der Waals surface area contributed by atoms with E-state index in [-0.39, 0.29) is 23.8 Å². The second kappa shape index (κ2) is 6.52. The molecule has 1 aromatic rings. The lowest BCUT2D eigenvalue weighted by Gasteiger charge is -2.15. The number of nitrogens with one attached hydrogen (secondary N) is 2. The third kappa shape index (κ3) is 3.36. The summed E-state index contributed by atoms with van der Waals surface area (Å²) in [6, 6.07) is 7.28. The van der Waals surface area contributed by atoms with Crippen molar-refractivity contribution in [3.63, 3.8) is 0 Å². The van der Waals surface area contributed by atoms with Crippen LogP contribution in [0.5, 0.6) is 0 Å². The summed E-state index contributed by atoms with van der Waals surface area (Å²) >= 11 is 0. The predicted molar refractivity (Wildman–Crippen MR) is 75.2 cm³/mol. The Balaban J connectivity index is 1.87. The first-order valence-corrected chi connectivity index (χ1v) is 6.80. The van der Waals surface area contributed by atoms with Crippen molar-refractivity contribution in [1.82, 2.24) is 10.6 Å². The Hall–Kier alpha value is -1.88. The van der Waals surface area contributed by atoms with Crippen LogP contribution >= 0.6 is 0 Å². The van der Waals surface area contributed by atoms with Gasteiger partial charge in [0, 0.05) is 12.6 Å². The molecule has 1 aliphatic rings. The number of hydrogen-bond donors (Lipinski definition) is 2. The molecule has 2 atom stereocenters. The van der Waals surface area contributed by atoms with Gasteiger partial charge in [0.1, 0.15) is 0 Å². The van der Waals surface area contributed by atoms with E-state index in [4.69, 9.17) is 0 Å². The number of esters is 1. The quantitative estimate of drug-likeness (QED) is 0.808. The van der Waals surface area contributed by atoms with Gasteiger partial charge in [0.05, 0.1) is 18.6 Å². The summed E-state index contributed by atoms with van der Waals surface area (Å²) in [7, 11) is 1.35. The van der Waals surface area contributed by atoms with Crippen LogP contribution < -0.4 is 10.6 Å². The van der Waals surface area contributed by atoms with Crippen molar-refractivity contribution >= 4 is 11.9 Å². The van der Waals surface area contributed by atoms with Gasteiger partial charge < -0.3 is 15.4 Å². The van der Waals surface area contributed by atoms with Gasteiger partial charge in [-0.3, -0.25) is 4.79 Å².